The van der Waals surface area contributed by atoms with Crippen LogP contribution in [0.15, 0.2) is 6.33 Å². The molecule has 0 amide bonds. The van der Waals surface area contributed by atoms with Crippen molar-refractivity contribution >= 4 is 23.2 Å². The number of aromatic nitrogens is 2. The third kappa shape index (κ3) is 1.84. The van der Waals surface area contributed by atoms with Crippen LogP contribution in [0.25, 0.3) is 0 Å². The molecule has 0 spiro atoms. The zero-order valence-electron chi connectivity index (χ0n) is 5.91. The molecule has 0 bridgehead atoms. The fraction of sp³-hybridized carbons (Fsp3) is 0.333. The lowest BCUT2D eigenvalue weighted by atomic mass is 10.2. The zero-order chi connectivity index (χ0) is 9.14. The number of halogens is 2. The lowest BCUT2D eigenvalue weighted by Crippen LogP contribution is -2.05. The van der Waals surface area contributed by atoms with Gasteiger partial charge in [0.25, 0.3) is 0 Å². The molecule has 0 aliphatic heterocycles. The Kier molecular flexibility index (Phi) is 3.22. The monoisotopic (exact) mass is 208 g/mol. The van der Waals surface area contributed by atoms with E-state index >= 15 is 0 Å². The average Bonchev–Trinajstić information content (AvgIpc) is 2.03. The summed E-state index contributed by atoms with van der Waals surface area (Å²) in [6.07, 6.45) is 0.0457. The molecule has 0 aromatic carbocycles. The quantitative estimate of drug-likeness (QED) is 0.707. The highest BCUT2D eigenvalue weighted by molar-refractivity contribution is 6.34. The van der Waals surface area contributed by atoms with Gasteiger partial charge in [0.05, 0.1) is 12.2 Å². The van der Waals surface area contributed by atoms with Crippen molar-refractivity contribution in [3.63, 3.8) is 0 Å². The maximum Gasteiger partial charge on any atom is 0.139 e. The molecule has 0 saturated carbocycles. The van der Waals surface area contributed by atoms with E-state index in [0.717, 1.165) is 0 Å². The number of hydrogen-bond acceptors (Lipinski definition) is 4. The minimum absolute atomic E-state index is 0.0524. The molecule has 4 nitrogen and oxygen atoms in total. The Labute approximate surface area is 78.8 Å². The van der Waals surface area contributed by atoms with Crippen LogP contribution in [0.2, 0.25) is 10.3 Å². The van der Waals surface area contributed by atoms with E-state index in [1.54, 1.807) is 0 Å². The summed E-state index contributed by atoms with van der Waals surface area (Å²) in [5.74, 6) is 0. The topological polar surface area (TPSA) is 66.2 Å². The molecule has 0 aliphatic rings. The molecule has 1 rings (SSSR count). The van der Waals surface area contributed by atoms with Crippen LogP contribution in [-0.4, -0.2) is 26.8 Å². The van der Waals surface area contributed by atoms with Gasteiger partial charge in [0.1, 0.15) is 22.7 Å². The second-order valence-electron chi connectivity index (χ2n) is 2.07. The zero-order valence-corrected chi connectivity index (χ0v) is 7.42. The Morgan fingerprint density at radius 3 is 2.25 bits per heavy atom. The number of nitrogens with zero attached hydrogens (tertiary/aromatic N) is 2. The van der Waals surface area contributed by atoms with Crippen LogP contribution in [0.1, 0.15) is 11.7 Å². The maximum atomic E-state index is 9.19. The van der Waals surface area contributed by atoms with Crippen LogP contribution in [0.5, 0.6) is 0 Å². The van der Waals surface area contributed by atoms with Crippen LogP contribution in [0, 0.1) is 0 Å². The number of aliphatic hydroxyl groups excluding tert-OH is 2. The van der Waals surface area contributed by atoms with Crippen LogP contribution in [0.3, 0.4) is 0 Å². The molecule has 0 saturated heterocycles. The summed E-state index contributed by atoms with van der Waals surface area (Å²) in [5, 5.41) is 17.9. The molecular weight excluding hydrogens is 203 g/mol. The van der Waals surface area contributed by atoms with E-state index in [9.17, 15) is 5.11 Å². The Bertz CT molecular complexity index is 262. The fourth-order valence-corrected chi connectivity index (χ4v) is 1.29. The van der Waals surface area contributed by atoms with Crippen LogP contribution >= 0.6 is 23.2 Å². The van der Waals surface area contributed by atoms with Crippen molar-refractivity contribution < 1.29 is 10.2 Å². The Morgan fingerprint density at radius 2 is 1.83 bits per heavy atom. The largest absolute Gasteiger partial charge is 0.393 e. The van der Waals surface area contributed by atoms with E-state index in [-0.39, 0.29) is 15.9 Å². The summed E-state index contributed by atoms with van der Waals surface area (Å²) in [6.45, 7) is -0.465. The Hall–Kier alpha value is -0.420. The van der Waals surface area contributed by atoms with E-state index < -0.39 is 12.7 Å². The maximum absolute atomic E-state index is 9.19. The summed E-state index contributed by atoms with van der Waals surface area (Å²) in [4.78, 5) is 7.22. The van der Waals surface area contributed by atoms with E-state index in [1.807, 2.05) is 0 Å². The lowest BCUT2D eigenvalue weighted by molar-refractivity contribution is 0.0952. The third-order valence-corrected chi connectivity index (χ3v) is 1.90. The predicted molar refractivity (Wildman–Crippen MR) is 44.1 cm³/mol. The van der Waals surface area contributed by atoms with Crippen molar-refractivity contribution in [3.05, 3.63) is 22.2 Å². The highest BCUT2D eigenvalue weighted by Crippen LogP contribution is 2.25. The first-order chi connectivity index (χ1) is 5.66. The number of aliphatic hydroxyl groups is 2. The SMILES string of the molecule is OCC(O)c1c(Cl)ncnc1Cl. The molecule has 0 radical (unpaired) electrons. The molecule has 1 aromatic heterocycles. The Balaban J connectivity index is 3.12. The number of rotatable bonds is 2. The summed E-state index contributed by atoms with van der Waals surface area (Å²) < 4.78 is 0. The second kappa shape index (κ2) is 4.00. The van der Waals surface area contributed by atoms with E-state index in [4.69, 9.17) is 28.3 Å². The van der Waals surface area contributed by atoms with Crippen molar-refractivity contribution in [2.75, 3.05) is 6.61 Å². The average molecular weight is 209 g/mol. The van der Waals surface area contributed by atoms with Crippen LogP contribution in [-0.2, 0) is 0 Å². The molecule has 2 N–H and O–H groups in total. The highest BCUT2D eigenvalue weighted by atomic mass is 35.5. The molecule has 6 heteroatoms. The van der Waals surface area contributed by atoms with Crippen molar-refractivity contribution in [3.8, 4) is 0 Å². The van der Waals surface area contributed by atoms with Crippen molar-refractivity contribution in [2.24, 2.45) is 0 Å². The molecule has 1 atom stereocenters. The standard InChI is InChI=1S/C6H6Cl2N2O2/c7-5-4(3(12)1-11)6(8)10-2-9-5/h2-3,11-12H,1H2. The first kappa shape index (κ1) is 9.67. The van der Waals surface area contributed by atoms with Crippen LogP contribution in [0.4, 0.5) is 0 Å². The van der Waals surface area contributed by atoms with Gasteiger partial charge in [-0.1, -0.05) is 23.2 Å². The van der Waals surface area contributed by atoms with Gasteiger partial charge in [-0.15, -0.1) is 0 Å². The predicted octanol–water partition coefficient (Wildman–Crippen LogP) is 0.809. The summed E-state index contributed by atoms with van der Waals surface area (Å²) in [5.41, 5.74) is 0.156. The van der Waals surface area contributed by atoms with Gasteiger partial charge in [-0.2, -0.15) is 0 Å². The van der Waals surface area contributed by atoms with Gasteiger partial charge in [0.2, 0.25) is 0 Å². The first-order valence-electron chi connectivity index (χ1n) is 3.11. The minimum Gasteiger partial charge on any atom is -0.393 e. The molecule has 1 aromatic rings. The molecule has 12 heavy (non-hydrogen) atoms. The highest BCUT2D eigenvalue weighted by Gasteiger charge is 2.16. The summed E-state index contributed by atoms with van der Waals surface area (Å²) in [7, 11) is 0. The van der Waals surface area contributed by atoms with Gasteiger partial charge in [-0.25, -0.2) is 9.97 Å². The van der Waals surface area contributed by atoms with Crippen molar-refractivity contribution in [2.45, 2.75) is 6.10 Å². The van der Waals surface area contributed by atoms with Gasteiger partial charge >= 0.3 is 0 Å². The van der Waals surface area contributed by atoms with Gasteiger partial charge in [0.15, 0.2) is 0 Å². The smallest absolute Gasteiger partial charge is 0.139 e. The van der Waals surface area contributed by atoms with E-state index in [1.165, 1.54) is 6.33 Å². The molecular formula is C6H6Cl2N2O2. The summed E-state index contributed by atoms with van der Waals surface area (Å²) in [6, 6.07) is 0. The number of hydrogen-bond donors (Lipinski definition) is 2. The van der Waals surface area contributed by atoms with Gasteiger partial charge in [0, 0.05) is 0 Å². The molecule has 0 fully saturated rings. The van der Waals surface area contributed by atoms with Gasteiger partial charge < -0.3 is 10.2 Å². The molecule has 1 heterocycles. The van der Waals surface area contributed by atoms with Gasteiger partial charge in [-0.3, -0.25) is 0 Å². The second-order valence-corrected chi connectivity index (χ2v) is 2.78. The molecule has 1 unspecified atom stereocenters. The van der Waals surface area contributed by atoms with Crippen LogP contribution < -0.4 is 0 Å². The Morgan fingerprint density at radius 1 is 1.33 bits per heavy atom. The minimum atomic E-state index is -1.13. The fourth-order valence-electron chi connectivity index (χ4n) is 0.721. The normalized spacial score (nSPS) is 13.0. The third-order valence-electron chi connectivity index (χ3n) is 1.29. The van der Waals surface area contributed by atoms with Gasteiger partial charge in [-0.05, 0) is 0 Å². The van der Waals surface area contributed by atoms with E-state index in [2.05, 4.69) is 9.97 Å². The van der Waals surface area contributed by atoms with Crippen molar-refractivity contribution in [1.29, 1.82) is 0 Å². The molecule has 66 valence electrons. The lowest BCUT2D eigenvalue weighted by Gasteiger charge is -2.08. The molecule has 0 aliphatic carbocycles. The first-order valence-corrected chi connectivity index (χ1v) is 3.87. The summed E-state index contributed by atoms with van der Waals surface area (Å²) >= 11 is 11.2. The van der Waals surface area contributed by atoms with Crippen molar-refractivity contribution in [1.82, 2.24) is 9.97 Å². The van der Waals surface area contributed by atoms with E-state index in [0.29, 0.717) is 0 Å².